The van der Waals surface area contributed by atoms with E-state index in [4.69, 9.17) is 19.3 Å². The molecule has 12 atom stereocenters. The van der Waals surface area contributed by atoms with Crippen molar-refractivity contribution in [3.8, 4) is 0 Å². The number of carbonyl (C=O) groups is 2. The first-order valence-electron chi connectivity index (χ1n) is 14.0. The zero-order valence-corrected chi connectivity index (χ0v) is 22.0. The number of hydrogen-bond acceptors (Lipinski definition) is 8. The third-order valence-electron chi connectivity index (χ3n) is 10.7. The van der Waals surface area contributed by atoms with E-state index in [0.717, 1.165) is 17.7 Å². The van der Waals surface area contributed by atoms with Gasteiger partial charge in [0.15, 0.2) is 0 Å². The Morgan fingerprint density at radius 3 is 2.84 bits per heavy atom. The third kappa shape index (κ3) is 3.04. The SMILES string of the molecule is CON1C(=O)[C@@]2(C[C@@H]3N=C([C@H](C)C[C@@H]4C(=O)O[C@H]5C[C@H](C)[C@@H](CO)[C@H]54)[C@@H]4[C@@H](O)[C@H]2OC[C@@H]43)c2ccccc21. The van der Waals surface area contributed by atoms with Crippen molar-refractivity contribution in [1.29, 1.82) is 0 Å². The highest BCUT2D eigenvalue weighted by Gasteiger charge is 2.68. The van der Waals surface area contributed by atoms with E-state index in [1.54, 1.807) is 0 Å². The van der Waals surface area contributed by atoms with E-state index in [1.165, 1.54) is 12.2 Å². The first kappa shape index (κ1) is 24.7. The second kappa shape index (κ2) is 8.58. The first-order valence-corrected chi connectivity index (χ1v) is 14.0. The first-order chi connectivity index (χ1) is 18.3. The van der Waals surface area contributed by atoms with Gasteiger partial charge in [-0.25, -0.2) is 0 Å². The number of amides is 1. The maximum atomic E-state index is 13.9. The summed E-state index contributed by atoms with van der Waals surface area (Å²) in [4.78, 5) is 37.5. The van der Waals surface area contributed by atoms with Gasteiger partial charge in [0.2, 0.25) is 0 Å². The van der Waals surface area contributed by atoms with E-state index < -0.39 is 17.6 Å². The Hall–Kier alpha value is -2.33. The van der Waals surface area contributed by atoms with Gasteiger partial charge < -0.3 is 19.7 Å². The molecule has 38 heavy (non-hydrogen) atoms. The van der Waals surface area contributed by atoms with Gasteiger partial charge in [0.1, 0.15) is 17.6 Å². The smallest absolute Gasteiger partial charge is 0.309 e. The molecule has 5 fully saturated rings. The molecule has 4 bridgehead atoms. The zero-order valence-electron chi connectivity index (χ0n) is 22.0. The van der Waals surface area contributed by atoms with Crippen molar-refractivity contribution in [2.45, 2.75) is 62.9 Å². The predicted octanol–water partition coefficient (Wildman–Crippen LogP) is 1.88. The number of para-hydroxylation sites is 1. The highest BCUT2D eigenvalue weighted by atomic mass is 16.7. The van der Waals surface area contributed by atoms with Crippen LogP contribution in [0.15, 0.2) is 29.3 Å². The number of aliphatic hydroxyl groups is 2. The van der Waals surface area contributed by atoms with Crippen LogP contribution in [0, 0.1) is 41.4 Å². The normalized spacial score (nSPS) is 45.3. The molecule has 2 aliphatic carbocycles. The highest BCUT2D eigenvalue weighted by Crippen LogP contribution is 2.57. The molecule has 0 unspecified atom stereocenters. The van der Waals surface area contributed by atoms with Crippen LogP contribution in [0.3, 0.4) is 0 Å². The summed E-state index contributed by atoms with van der Waals surface area (Å²) in [5, 5.41) is 23.2. The molecule has 3 saturated heterocycles. The maximum Gasteiger partial charge on any atom is 0.309 e. The number of carbonyl (C=O) groups excluding carboxylic acids is 2. The number of hydroxylamine groups is 1. The Kier molecular flexibility index (Phi) is 5.58. The quantitative estimate of drug-likeness (QED) is 0.565. The van der Waals surface area contributed by atoms with Gasteiger partial charge in [0.05, 0.1) is 37.5 Å². The van der Waals surface area contributed by atoms with E-state index in [2.05, 4.69) is 13.8 Å². The van der Waals surface area contributed by atoms with E-state index in [-0.39, 0.29) is 66.1 Å². The van der Waals surface area contributed by atoms with Gasteiger partial charge in [0.25, 0.3) is 5.91 Å². The van der Waals surface area contributed by atoms with Gasteiger partial charge >= 0.3 is 5.97 Å². The lowest BCUT2D eigenvalue weighted by atomic mass is 9.69. The standard InChI is InChI=1S/C29H36N2O7/c1-13-9-21-22(16(13)11-32)15(27(34)38-21)8-14(2)24-23-17-12-37-26(25(23)33)29(10-19(17)30-24)18-6-4-5-7-20(18)31(36-3)28(29)35/h4-7,13-17,19,21-23,25-26,32-33H,8-12H2,1-3H3/t13-,14+,15-,16+,17+,19-,21-,22+,23+,25+,26+,29-/m0/s1. The number of hydrogen-bond donors (Lipinski definition) is 2. The van der Waals surface area contributed by atoms with Gasteiger partial charge in [0, 0.05) is 30.1 Å². The third-order valence-corrected chi connectivity index (χ3v) is 10.7. The Bertz CT molecular complexity index is 1200. The van der Waals surface area contributed by atoms with Gasteiger partial charge in [-0.15, -0.1) is 0 Å². The molecule has 1 spiro atoms. The topological polar surface area (TPSA) is 118 Å². The number of fused-ring (bicyclic) bond motifs is 3. The molecular weight excluding hydrogens is 488 g/mol. The van der Waals surface area contributed by atoms with Crippen molar-refractivity contribution in [3.05, 3.63) is 29.8 Å². The molecule has 5 aliphatic heterocycles. The van der Waals surface area contributed by atoms with Crippen LogP contribution in [0.4, 0.5) is 5.69 Å². The fourth-order valence-corrected chi connectivity index (χ4v) is 9.08. The molecule has 5 heterocycles. The number of benzene rings is 1. The molecule has 1 amide bonds. The molecule has 9 heteroatoms. The molecule has 9 nitrogen and oxygen atoms in total. The molecule has 1 aromatic carbocycles. The Balaban J connectivity index is 1.21. The lowest BCUT2D eigenvalue weighted by Gasteiger charge is -2.43. The fourth-order valence-electron chi connectivity index (χ4n) is 9.08. The lowest BCUT2D eigenvalue weighted by molar-refractivity contribution is -0.152. The van der Waals surface area contributed by atoms with Crippen LogP contribution in [-0.2, 0) is 29.3 Å². The fraction of sp³-hybridized carbons (Fsp3) is 0.690. The van der Waals surface area contributed by atoms with E-state index in [1.807, 2.05) is 24.3 Å². The summed E-state index contributed by atoms with van der Waals surface area (Å²) in [6, 6.07) is 7.40. The van der Waals surface area contributed by atoms with Crippen molar-refractivity contribution >= 4 is 23.3 Å². The number of esters is 1. The summed E-state index contributed by atoms with van der Waals surface area (Å²) in [5.41, 5.74) is 1.38. The summed E-state index contributed by atoms with van der Waals surface area (Å²) in [7, 11) is 1.48. The van der Waals surface area contributed by atoms with E-state index in [9.17, 15) is 19.8 Å². The summed E-state index contributed by atoms with van der Waals surface area (Å²) in [5.74, 6) is -0.554. The minimum absolute atomic E-state index is 0.0189. The van der Waals surface area contributed by atoms with Crippen LogP contribution in [0.25, 0.3) is 0 Å². The van der Waals surface area contributed by atoms with Crippen molar-refractivity contribution < 1.29 is 34.1 Å². The van der Waals surface area contributed by atoms with Gasteiger partial charge in [-0.05, 0) is 48.6 Å². The molecule has 1 aromatic rings. The summed E-state index contributed by atoms with van der Waals surface area (Å²) < 4.78 is 12.1. The highest BCUT2D eigenvalue weighted by molar-refractivity contribution is 6.08. The average molecular weight is 525 g/mol. The minimum atomic E-state index is -1.06. The number of anilines is 1. The van der Waals surface area contributed by atoms with Crippen molar-refractivity contribution in [1.82, 2.24) is 0 Å². The lowest BCUT2D eigenvalue weighted by Crippen LogP contribution is -2.58. The van der Waals surface area contributed by atoms with Crippen LogP contribution in [0.2, 0.25) is 0 Å². The molecule has 2 saturated carbocycles. The Morgan fingerprint density at radius 2 is 2.08 bits per heavy atom. The summed E-state index contributed by atoms with van der Waals surface area (Å²) >= 11 is 0. The number of nitrogens with zero attached hydrogens (tertiary/aromatic N) is 2. The largest absolute Gasteiger partial charge is 0.462 e. The number of aliphatic imine (C=N–C) groups is 1. The van der Waals surface area contributed by atoms with Crippen LogP contribution in [0.1, 0.15) is 38.7 Å². The van der Waals surface area contributed by atoms with Crippen LogP contribution in [-0.4, -0.2) is 72.5 Å². The maximum absolute atomic E-state index is 13.9. The van der Waals surface area contributed by atoms with Crippen LogP contribution >= 0.6 is 0 Å². The van der Waals surface area contributed by atoms with Gasteiger partial charge in [-0.3, -0.25) is 19.4 Å². The van der Waals surface area contributed by atoms with Crippen molar-refractivity contribution in [2.24, 2.45) is 46.4 Å². The number of ether oxygens (including phenoxy) is 2. The van der Waals surface area contributed by atoms with E-state index in [0.29, 0.717) is 31.1 Å². The van der Waals surface area contributed by atoms with Gasteiger partial charge in [-0.2, -0.15) is 5.06 Å². The molecule has 2 N–H and O–H groups in total. The van der Waals surface area contributed by atoms with Crippen LogP contribution in [0.5, 0.6) is 0 Å². The number of rotatable bonds is 5. The second-order valence-electron chi connectivity index (χ2n) is 12.4. The Labute approximate surface area is 222 Å². The molecule has 0 radical (unpaired) electrons. The monoisotopic (exact) mass is 524 g/mol. The molecule has 8 rings (SSSR count). The molecule has 7 aliphatic rings. The molecule has 0 aromatic heterocycles. The van der Waals surface area contributed by atoms with E-state index >= 15 is 0 Å². The van der Waals surface area contributed by atoms with Crippen molar-refractivity contribution in [2.75, 3.05) is 25.4 Å². The minimum Gasteiger partial charge on any atom is -0.462 e. The van der Waals surface area contributed by atoms with Crippen molar-refractivity contribution in [3.63, 3.8) is 0 Å². The average Bonchev–Trinajstić information content (AvgIpc) is 3.53. The summed E-state index contributed by atoms with van der Waals surface area (Å²) in [6.45, 7) is 4.70. The molecular formula is C29H36N2O7. The molecule has 204 valence electrons. The second-order valence-corrected chi connectivity index (χ2v) is 12.4. The summed E-state index contributed by atoms with van der Waals surface area (Å²) in [6.07, 6.45) is 0.0927. The van der Waals surface area contributed by atoms with Crippen LogP contribution < -0.4 is 5.06 Å². The Morgan fingerprint density at radius 1 is 1.29 bits per heavy atom. The number of aliphatic hydroxyl groups excluding tert-OH is 2. The zero-order chi connectivity index (χ0) is 26.5. The van der Waals surface area contributed by atoms with Gasteiger partial charge in [-0.1, -0.05) is 32.0 Å². The predicted molar refractivity (Wildman–Crippen MR) is 136 cm³/mol.